The van der Waals surface area contributed by atoms with Crippen LogP contribution in [0.1, 0.15) is 19.8 Å². The largest absolute Gasteiger partial charge is 0.383 e. The van der Waals surface area contributed by atoms with Crippen molar-refractivity contribution < 1.29 is 9.53 Å². The van der Waals surface area contributed by atoms with Crippen LogP contribution in [0.15, 0.2) is 0 Å². The molecule has 5 nitrogen and oxygen atoms in total. The molecule has 2 atom stereocenters. The number of hydrogen-bond acceptors (Lipinski definition) is 4. The maximum atomic E-state index is 11.3. The highest BCUT2D eigenvalue weighted by molar-refractivity contribution is 5.80. The fraction of sp³-hybridized carbons (Fsp3) is 0.909. The third-order valence-electron chi connectivity index (χ3n) is 2.99. The van der Waals surface area contributed by atoms with Crippen molar-refractivity contribution in [1.82, 2.24) is 10.2 Å². The molecular formula is C11H23N3O2. The maximum absolute atomic E-state index is 11.3. The van der Waals surface area contributed by atoms with Gasteiger partial charge in [0.05, 0.1) is 12.6 Å². The number of rotatable bonds is 8. The molecule has 16 heavy (non-hydrogen) atoms. The third-order valence-corrected chi connectivity index (χ3v) is 2.99. The van der Waals surface area contributed by atoms with E-state index in [4.69, 9.17) is 10.5 Å². The number of likely N-dealkylation sites (N-methyl/N-ethyl adjacent to an activating group) is 1. The molecule has 2 unspecified atom stereocenters. The molecule has 0 aliphatic heterocycles. The second-order valence-corrected chi connectivity index (χ2v) is 4.64. The fourth-order valence-corrected chi connectivity index (χ4v) is 1.60. The summed E-state index contributed by atoms with van der Waals surface area (Å²) in [6.45, 7) is 3.36. The van der Waals surface area contributed by atoms with Crippen molar-refractivity contribution in [1.29, 1.82) is 0 Å². The second kappa shape index (κ2) is 6.18. The van der Waals surface area contributed by atoms with Crippen LogP contribution in [0.25, 0.3) is 0 Å². The predicted molar refractivity (Wildman–Crippen MR) is 63.1 cm³/mol. The van der Waals surface area contributed by atoms with Crippen molar-refractivity contribution in [2.45, 2.75) is 37.9 Å². The van der Waals surface area contributed by atoms with Crippen LogP contribution in [0.2, 0.25) is 0 Å². The van der Waals surface area contributed by atoms with E-state index in [-0.39, 0.29) is 18.0 Å². The van der Waals surface area contributed by atoms with E-state index < -0.39 is 0 Å². The molecule has 1 fully saturated rings. The highest BCUT2D eigenvalue weighted by atomic mass is 16.5. The minimum atomic E-state index is -0.275. The predicted octanol–water partition coefficient (Wildman–Crippen LogP) is -0.441. The van der Waals surface area contributed by atoms with Crippen molar-refractivity contribution in [3.05, 3.63) is 0 Å². The van der Waals surface area contributed by atoms with Crippen LogP contribution in [0.3, 0.4) is 0 Å². The molecule has 5 heteroatoms. The first-order valence-electron chi connectivity index (χ1n) is 5.79. The molecule has 1 aliphatic carbocycles. The first kappa shape index (κ1) is 13.4. The molecule has 1 rings (SSSR count). The highest BCUT2D eigenvalue weighted by Gasteiger charge is 2.28. The number of carbonyl (C=O) groups is 1. The zero-order chi connectivity index (χ0) is 12.1. The van der Waals surface area contributed by atoms with Gasteiger partial charge in [-0.05, 0) is 26.8 Å². The van der Waals surface area contributed by atoms with Gasteiger partial charge in [0, 0.05) is 25.7 Å². The average Bonchev–Trinajstić information content (AvgIpc) is 3.00. The number of ether oxygens (including phenoxy) is 1. The second-order valence-electron chi connectivity index (χ2n) is 4.64. The zero-order valence-corrected chi connectivity index (χ0v) is 10.4. The van der Waals surface area contributed by atoms with Crippen LogP contribution in [-0.2, 0) is 9.53 Å². The van der Waals surface area contributed by atoms with Gasteiger partial charge in [-0.15, -0.1) is 0 Å². The topological polar surface area (TPSA) is 67.6 Å². The van der Waals surface area contributed by atoms with E-state index >= 15 is 0 Å². The smallest absolute Gasteiger partial charge is 0.235 e. The summed E-state index contributed by atoms with van der Waals surface area (Å²) in [5.41, 5.74) is 5.38. The molecule has 0 aromatic heterocycles. The Labute approximate surface area is 97.3 Å². The van der Waals surface area contributed by atoms with Gasteiger partial charge in [-0.3, -0.25) is 9.69 Å². The number of nitrogens with two attached hydrogens (primary N) is 1. The Kier molecular flexibility index (Phi) is 5.18. The first-order chi connectivity index (χ1) is 7.54. The van der Waals surface area contributed by atoms with E-state index in [1.807, 2.05) is 7.05 Å². The van der Waals surface area contributed by atoms with E-state index in [2.05, 4.69) is 17.1 Å². The van der Waals surface area contributed by atoms with E-state index in [0.717, 1.165) is 12.8 Å². The number of methoxy groups -OCH3 is 1. The fourth-order valence-electron chi connectivity index (χ4n) is 1.60. The SMILES string of the molecule is COCC(C)N(C)CC(NC1CC1)C(N)=O. The molecule has 0 heterocycles. The number of carbonyl (C=O) groups excluding carboxylic acids is 1. The molecule has 0 aromatic rings. The first-order valence-corrected chi connectivity index (χ1v) is 5.79. The minimum Gasteiger partial charge on any atom is -0.383 e. The van der Waals surface area contributed by atoms with Crippen LogP contribution in [0, 0.1) is 0 Å². The van der Waals surface area contributed by atoms with Gasteiger partial charge < -0.3 is 15.8 Å². The van der Waals surface area contributed by atoms with Gasteiger partial charge in [0.25, 0.3) is 0 Å². The summed E-state index contributed by atoms with van der Waals surface area (Å²) in [5.74, 6) is -0.275. The average molecular weight is 229 g/mol. The Balaban J connectivity index is 2.36. The lowest BCUT2D eigenvalue weighted by atomic mass is 10.2. The van der Waals surface area contributed by atoms with Crippen LogP contribution in [0.4, 0.5) is 0 Å². The zero-order valence-electron chi connectivity index (χ0n) is 10.4. The molecule has 94 valence electrons. The van der Waals surface area contributed by atoms with E-state index in [9.17, 15) is 4.79 Å². The summed E-state index contributed by atoms with van der Waals surface area (Å²) < 4.78 is 5.08. The normalized spacial score (nSPS) is 19.8. The quantitative estimate of drug-likeness (QED) is 0.592. The lowest BCUT2D eigenvalue weighted by molar-refractivity contribution is -0.120. The Bertz CT molecular complexity index is 231. The molecule has 0 radical (unpaired) electrons. The van der Waals surface area contributed by atoms with E-state index in [0.29, 0.717) is 19.2 Å². The summed E-state index contributed by atoms with van der Waals surface area (Å²) in [6.07, 6.45) is 2.31. The highest BCUT2D eigenvalue weighted by Crippen LogP contribution is 2.19. The van der Waals surface area contributed by atoms with E-state index in [1.165, 1.54) is 0 Å². The van der Waals surface area contributed by atoms with Gasteiger partial charge in [0.15, 0.2) is 0 Å². The number of primary amides is 1. The summed E-state index contributed by atoms with van der Waals surface area (Å²) in [6, 6.07) is 0.522. The monoisotopic (exact) mass is 229 g/mol. The molecule has 1 saturated carbocycles. The van der Waals surface area contributed by atoms with Crippen molar-refractivity contribution in [3.63, 3.8) is 0 Å². The van der Waals surface area contributed by atoms with Crippen LogP contribution < -0.4 is 11.1 Å². The number of nitrogens with zero attached hydrogens (tertiary/aromatic N) is 1. The van der Waals surface area contributed by atoms with Gasteiger partial charge in [0.2, 0.25) is 5.91 Å². The molecule has 0 saturated heterocycles. The van der Waals surface area contributed by atoms with Crippen LogP contribution in [0.5, 0.6) is 0 Å². The molecule has 1 amide bonds. The van der Waals surface area contributed by atoms with E-state index in [1.54, 1.807) is 7.11 Å². The van der Waals surface area contributed by atoms with Crippen molar-refractivity contribution in [2.24, 2.45) is 5.73 Å². The molecular weight excluding hydrogens is 206 g/mol. The third kappa shape index (κ3) is 4.47. The molecule has 1 aliphatic rings. The summed E-state index contributed by atoms with van der Waals surface area (Å²) in [7, 11) is 3.66. The van der Waals surface area contributed by atoms with Gasteiger partial charge in [0.1, 0.15) is 0 Å². The van der Waals surface area contributed by atoms with Crippen LogP contribution >= 0.6 is 0 Å². The Hall–Kier alpha value is -0.650. The van der Waals surface area contributed by atoms with Crippen LogP contribution in [-0.4, -0.2) is 56.2 Å². The number of amides is 1. The summed E-state index contributed by atoms with van der Waals surface area (Å²) in [4.78, 5) is 13.4. The molecule has 3 N–H and O–H groups in total. The summed E-state index contributed by atoms with van der Waals surface area (Å²) >= 11 is 0. The lowest BCUT2D eigenvalue weighted by Gasteiger charge is -2.27. The van der Waals surface area contributed by atoms with Crippen molar-refractivity contribution in [3.8, 4) is 0 Å². The lowest BCUT2D eigenvalue weighted by Crippen LogP contribution is -2.51. The number of hydrogen-bond donors (Lipinski definition) is 2. The molecule has 0 bridgehead atoms. The van der Waals surface area contributed by atoms with Crippen molar-refractivity contribution in [2.75, 3.05) is 27.3 Å². The van der Waals surface area contributed by atoms with Gasteiger partial charge in [-0.1, -0.05) is 0 Å². The van der Waals surface area contributed by atoms with Gasteiger partial charge in [-0.25, -0.2) is 0 Å². The Morgan fingerprint density at radius 1 is 1.62 bits per heavy atom. The van der Waals surface area contributed by atoms with Gasteiger partial charge >= 0.3 is 0 Å². The molecule has 0 spiro atoms. The molecule has 0 aromatic carbocycles. The maximum Gasteiger partial charge on any atom is 0.235 e. The van der Waals surface area contributed by atoms with Crippen molar-refractivity contribution >= 4 is 5.91 Å². The van der Waals surface area contributed by atoms with Gasteiger partial charge in [-0.2, -0.15) is 0 Å². The Morgan fingerprint density at radius 3 is 2.69 bits per heavy atom. The minimum absolute atomic E-state index is 0.253. The number of nitrogens with one attached hydrogen (secondary N) is 1. The standard InChI is InChI=1S/C11H23N3O2/c1-8(7-16-3)14(2)6-10(11(12)15)13-9-4-5-9/h8-10,13H,4-7H2,1-3H3,(H2,12,15). The Morgan fingerprint density at radius 2 is 2.25 bits per heavy atom. The summed E-state index contributed by atoms with van der Waals surface area (Å²) in [5, 5.41) is 3.26.